The fourth-order valence-corrected chi connectivity index (χ4v) is 3.06. The van der Waals surface area contributed by atoms with Crippen LogP contribution in [0.4, 0.5) is 11.8 Å². The van der Waals surface area contributed by atoms with Crippen LogP contribution in [0.25, 0.3) is 0 Å². The molecule has 1 saturated carbocycles. The quantitative estimate of drug-likeness (QED) is 0.913. The topological polar surface area (TPSA) is 75.4 Å². The zero-order valence-electron chi connectivity index (χ0n) is 13.4. The van der Waals surface area contributed by atoms with Crippen LogP contribution in [0, 0.1) is 11.8 Å². The summed E-state index contributed by atoms with van der Waals surface area (Å²) in [5, 5.41) is 0. The van der Waals surface area contributed by atoms with Crippen molar-refractivity contribution in [1.82, 2.24) is 14.9 Å². The van der Waals surface area contributed by atoms with Crippen LogP contribution in [-0.4, -0.2) is 46.5 Å². The van der Waals surface area contributed by atoms with Crippen molar-refractivity contribution in [1.29, 1.82) is 0 Å². The number of nitrogen functional groups attached to an aromatic ring is 1. The van der Waals surface area contributed by atoms with E-state index in [0.717, 1.165) is 13.1 Å². The van der Waals surface area contributed by atoms with Crippen molar-refractivity contribution < 1.29 is 4.79 Å². The van der Waals surface area contributed by atoms with Crippen molar-refractivity contribution >= 4 is 17.7 Å². The smallest absolute Gasteiger partial charge is 0.227 e. The maximum absolute atomic E-state index is 12.6. The summed E-state index contributed by atoms with van der Waals surface area (Å²) in [7, 11) is 0. The maximum atomic E-state index is 12.6. The van der Waals surface area contributed by atoms with E-state index in [1.165, 1.54) is 12.8 Å². The van der Waals surface area contributed by atoms with Gasteiger partial charge in [0.2, 0.25) is 11.9 Å². The lowest BCUT2D eigenvalue weighted by molar-refractivity contribution is -0.133. The molecule has 6 heteroatoms. The Morgan fingerprint density at radius 3 is 2.82 bits per heavy atom. The van der Waals surface area contributed by atoms with Crippen molar-refractivity contribution in [3.63, 3.8) is 0 Å². The van der Waals surface area contributed by atoms with Gasteiger partial charge in [0.1, 0.15) is 5.82 Å². The molecule has 2 N–H and O–H groups in total. The van der Waals surface area contributed by atoms with Gasteiger partial charge in [-0.05, 0) is 30.7 Å². The number of aromatic nitrogens is 2. The number of hydrogen-bond acceptors (Lipinski definition) is 5. The summed E-state index contributed by atoms with van der Waals surface area (Å²) in [5.41, 5.74) is 5.77. The Morgan fingerprint density at radius 2 is 2.18 bits per heavy atom. The second-order valence-electron chi connectivity index (χ2n) is 6.78. The lowest BCUT2D eigenvalue weighted by Gasteiger charge is -2.34. The lowest BCUT2D eigenvalue weighted by atomic mass is 10.0. The van der Waals surface area contributed by atoms with Gasteiger partial charge >= 0.3 is 0 Å². The predicted octanol–water partition coefficient (Wildman–Crippen LogP) is 1.53. The van der Waals surface area contributed by atoms with E-state index in [1.807, 2.05) is 0 Å². The number of nitrogens with two attached hydrogens (primary N) is 1. The Kier molecular flexibility index (Phi) is 4.18. The summed E-state index contributed by atoms with van der Waals surface area (Å²) < 4.78 is 0. The zero-order chi connectivity index (χ0) is 15.7. The molecular weight excluding hydrogens is 278 g/mol. The number of nitrogens with zero attached hydrogens (tertiary/aromatic N) is 4. The molecule has 1 unspecified atom stereocenters. The molecule has 120 valence electrons. The molecule has 1 saturated heterocycles. The fraction of sp³-hybridized carbons (Fsp3) is 0.688. The Hall–Kier alpha value is -1.85. The first-order valence-electron chi connectivity index (χ1n) is 8.17. The third-order valence-corrected chi connectivity index (χ3v) is 4.59. The Bertz CT molecular complexity index is 543. The van der Waals surface area contributed by atoms with E-state index in [1.54, 1.807) is 12.3 Å². The molecule has 0 radical (unpaired) electrons. The number of hydrogen-bond donors (Lipinski definition) is 1. The molecule has 22 heavy (non-hydrogen) atoms. The minimum atomic E-state index is 0.209. The second-order valence-corrected chi connectivity index (χ2v) is 6.78. The Morgan fingerprint density at radius 1 is 1.41 bits per heavy atom. The van der Waals surface area contributed by atoms with Crippen molar-refractivity contribution in [3.8, 4) is 0 Å². The van der Waals surface area contributed by atoms with E-state index in [4.69, 9.17) is 5.73 Å². The van der Waals surface area contributed by atoms with Gasteiger partial charge in [0.05, 0.1) is 6.04 Å². The van der Waals surface area contributed by atoms with E-state index in [2.05, 4.69) is 33.6 Å². The normalized spacial score (nSPS) is 23.0. The minimum absolute atomic E-state index is 0.209. The van der Waals surface area contributed by atoms with Gasteiger partial charge in [-0.15, -0.1) is 0 Å². The van der Waals surface area contributed by atoms with Crippen LogP contribution in [0.2, 0.25) is 0 Å². The first kappa shape index (κ1) is 15.1. The first-order chi connectivity index (χ1) is 10.5. The molecule has 2 heterocycles. The van der Waals surface area contributed by atoms with Gasteiger partial charge < -0.3 is 15.5 Å². The SMILES string of the molecule is CC(C)C1CN(c2nccc(N)n2)CCC(=O)N1CC1CC1. The average Bonchev–Trinajstić information content (AvgIpc) is 3.29. The van der Waals surface area contributed by atoms with E-state index in [9.17, 15) is 4.79 Å². The Labute approximate surface area is 131 Å². The minimum Gasteiger partial charge on any atom is -0.384 e. The fourth-order valence-electron chi connectivity index (χ4n) is 3.06. The van der Waals surface area contributed by atoms with Gasteiger partial charge in [0, 0.05) is 32.3 Å². The van der Waals surface area contributed by atoms with Crippen LogP contribution in [0.1, 0.15) is 33.1 Å². The summed E-state index contributed by atoms with van der Waals surface area (Å²) in [6, 6.07) is 1.90. The molecule has 1 aliphatic carbocycles. The first-order valence-corrected chi connectivity index (χ1v) is 8.17. The van der Waals surface area contributed by atoms with Crippen molar-refractivity contribution in [2.45, 2.75) is 39.2 Å². The lowest BCUT2D eigenvalue weighted by Crippen LogP contribution is -2.47. The van der Waals surface area contributed by atoms with Crippen LogP contribution < -0.4 is 10.6 Å². The highest BCUT2D eigenvalue weighted by molar-refractivity contribution is 5.78. The summed E-state index contributed by atoms with van der Waals surface area (Å²) in [6.07, 6.45) is 4.72. The van der Waals surface area contributed by atoms with Gasteiger partial charge in [-0.1, -0.05) is 13.8 Å². The summed E-state index contributed by atoms with van der Waals surface area (Å²) in [4.78, 5) is 25.4. The number of carbonyl (C=O) groups is 1. The standard InChI is InChI=1S/C16H25N5O/c1-11(2)13-10-20(16-18-7-5-14(17)19-16)8-6-15(22)21(13)9-12-3-4-12/h5,7,11-13H,3-4,6,8-10H2,1-2H3,(H2,17,18,19). The van der Waals surface area contributed by atoms with Gasteiger partial charge in [0.25, 0.3) is 0 Å². The van der Waals surface area contributed by atoms with E-state index in [0.29, 0.717) is 36.6 Å². The maximum Gasteiger partial charge on any atom is 0.227 e. The monoisotopic (exact) mass is 303 g/mol. The largest absolute Gasteiger partial charge is 0.384 e. The highest BCUT2D eigenvalue weighted by atomic mass is 16.2. The summed E-state index contributed by atoms with van der Waals surface area (Å²) in [5.74, 6) is 2.48. The predicted molar refractivity (Wildman–Crippen MR) is 86.3 cm³/mol. The summed E-state index contributed by atoms with van der Waals surface area (Å²) >= 11 is 0. The molecule has 0 bridgehead atoms. The molecule has 0 aromatic carbocycles. The van der Waals surface area contributed by atoms with Crippen molar-refractivity contribution in [2.24, 2.45) is 11.8 Å². The second kappa shape index (κ2) is 6.10. The molecule has 3 rings (SSSR count). The summed E-state index contributed by atoms with van der Waals surface area (Å²) in [6.45, 7) is 6.71. The van der Waals surface area contributed by atoms with Gasteiger partial charge in [-0.3, -0.25) is 4.79 Å². The van der Waals surface area contributed by atoms with E-state index < -0.39 is 0 Å². The number of rotatable bonds is 4. The van der Waals surface area contributed by atoms with Crippen LogP contribution in [0.5, 0.6) is 0 Å². The third-order valence-electron chi connectivity index (χ3n) is 4.59. The molecule has 0 spiro atoms. The third kappa shape index (κ3) is 3.31. The molecule has 1 aromatic rings. The number of amides is 1. The highest BCUT2D eigenvalue weighted by Gasteiger charge is 2.36. The highest BCUT2D eigenvalue weighted by Crippen LogP contribution is 2.32. The molecule has 1 aliphatic heterocycles. The van der Waals surface area contributed by atoms with Gasteiger partial charge in [-0.25, -0.2) is 4.98 Å². The molecule has 1 aromatic heterocycles. The van der Waals surface area contributed by atoms with Crippen LogP contribution in [-0.2, 0) is 4.79 Å². The molecule has 1 atom stereocenters. The Balaban J connectivity index is 1.82. The average molecular weight is 303 g/mol. The number of carbonyl (C=O) groups excluding carboxylic acids is 1. The van der Waals surface area contributed by atoms with Crippen LogP contribution in [0.15, 0.2) is 12.3 Å². The molecule has 2 fully saturated rings. The molecule has 6 nitrogen and oxygen atoms in total. The van der Waals surface area contributed by atoms with Crippen LogP contribution in [0.3, 0.4) is 0 Å². The van der Waals surface area contributed by atoms with Crippen LogP contribution >= 0.6 is 0 Å². The molecule has 1 amide bonds. The number of anilines is 2. The van der Waals surface area contributed by atoms with E-state index >= 15 is 0 Å². The molecular formula is C16H25N5O. The van der Waals surface area contributed by atoms with E-state index in [-0.39, 0.29) is 11.9 Å². The zero-order valence-corrected chi connectivity index (χ0v) is 13.4. The van der Waals surface area contributed by atoms with Crippen molar-refractivity contribution in [3.05, 3.63) is 12.3 Å². The van der Waals surface area contributed by atoms with Crippen molar-refractivity contribution in [2.75, 3.05) is 30.3 Å². The molecule has 2 aliphatic rings. The van der Waals surface area contributed by atoms with Gasteiger partial charge in [-0.2, -0.15) is 4.98 Å². The van der Waals surface area contributed by atoms with Gasteiger partial charge in [0.15, 0.2) is 0 Å².